The van der Waals surface area contributed by atoms with Crippen LogP contribution in [-0.4, -0.2) is 23.7 Å². The maximum absolute atomic E-state index is 12.0. The van der Waals surface area contributed by atoms with E-state index in [0.29, 0.717) is 19.4 Å². The van der Waals surface area contributed by atoms with E-state index in [2.05, 4.69) is 19.1 Å². The lowest BCUT2D eigenvalue weighted by Crippen LogP contribution is -2.05. The van der Waals surface area contributed by atoms with Crippen molar-refractivity contribution >= 4 is 11.9 Å². The van der Waals surface area contributed by atoms with E-state index in [4.69, 9.17) is 9.84 Å². The summed E-state index contributed by atoms with van der Waals surface area (Å²) in [5.74, 6) is -0.636. The summed E-state index contributed by atoms with van der Waals surface area (Å²) >= 11 is 0. The summed E-state index contributed by atoms with van der Waals surface area (Å²) in [6.45, 7) is 2.90. The Balaban J connectivity index is 3.15. The number of allylic oxidation sites excluding steroid dienone is 2. The van der Waals surface area contributed by atoms with Crippen LogP contribution in [0.3, 0.4) is 0 Å². The van der Waals surface area contributed by atoms with Gasteiger partial charge in [0.05, 0.1) is 6.61 Å². The van der Waals surface area contributed by atoms with Crippen LogP contribution in [0.1, 0.15) is 309 Å². The van der Waals surface area contributed by atoms with Crippen LogP contribution in [0.5, 0.6) is 0 Å². The quantitative estimate of drug-likeness (QED) is 0.0378. The number of rotatable bonds is 50. The first-order chi connectivity index (χ1) is 28.2. The fourth-order valence-corrected chi connectivity index (χ4v) is 8.28. The lowest BCUT2D eigenvalue weighted by atomic mass is 10.0. The number of carbonyl (C=O) groups excluding carboxylic acids is 1. The number of unbranched alkanes of at least 4 members (excludes halogenated alkanes) is 42. The lowest BCUT2D eigenvalue weighted by Gasteiger charge is -2.06. The molecule has 0 radical (unpaired) electrons. The van der Waals surface area contributed by atoms with Crippen molar-refractivity contribution in [2.45, 2.75) is 309 Å². The fourth-order valence-electron chi connectivity index (χ4n) is 8.28. The van der Waals surface area contributed by atoms with Crippen LogP contribution in [0.25, 0.3) is 0 Å². The molecule has 0 aromatic heterocycles. The maximum Gasteiger partial charge on any atom is 0.305 e. The molecule has 0 bridgehead atoms. The fraction of sp³-hybridized carbons (Fsp3) is 0.925. The van der Waals surface area contributed by atoms with E-state index < -0.39 is 5.97 Å². The highest BCUT2D eigenvalue weighted by Crippen LogP contribution is 2.17. The van der Waals surface area contributed by atoms with E-state index in [1.807, 2.05) is 0 Å². The Morgan fingerprint density at radius 3 is 0.877 bits per heavy atom. The standard InChI is InChI=1S/C53H102O4/c1-2-3-4-5-6-7-8-9-28-32-35-38-41-44-47-50-53(56)57-51-48-45-42-39-36-33-30-27-25-23-21-19-17-15-13-11-10-12-14-16-18-20-22-24-26-29-31-34-37-40-43-46-49-52(54)55/h9,28H,2-8,10-27,29-51H2,1H3,(H,54,55)/b28-9-. The molecular weight excluding hydrogens is 701 g/mol. The van der Waals surface area contributed by atoms with E-state index >= 15 is 0 Å². The molecule has 0 aliphatic rings. The molecule has 0 fully saturated rings. The van der Waals surface area contributed by atoms with Crippen molar-refractivity contribution in [3.8, 4) is 0 Å². The first kappa shape index (κ1) is 55.7. The molecule has 4 nitrogen and oxygen atoms in total. The van der Waals surface area contributed by atoms with Gasteiger partial charge in [-0.2, -0.15) is 0 Å². The number of carboxylic acids is 1. The largest absolute Gasteiger partial charge is 0.481 e. The number of esters is 1. The Morgan fingerprint density at radius 2 is 0.579 bits per heavy atom. The van der Waals surface area contributed by atoms with Crippen LogP contribution in [0.15, 0.2) is 12.2 Å². The van der Waals surface area contributed by atoms with Crippen molar-refractivity contribution < 1.29 is 19.4 Å². The first-order valence-electron chi connectivity index (χ1n) is 26.2. The molecule has 0 saturated carbocycles. The molecule has 57 heavy (non-hydrogen) atoms. The summed E-state index contributed by atoms with van der Waals surface area (Å²) in [6, 6.07) is 0. The van der Waals surface area contributed by atoms with Crippen molar-refractivity contribution in [2.75, 3.05) is 6.61 Å². The van der Waals surface area contributed by atoms with Gasteiger partial charge < -0.3 is 9.84 Å². The van der Waals surface area contributed by atoms with Crippen LogP contribution in [0.4, 0.5) is 0 Å². The number of carbonyl (C=O) groups is 2. The van der Waals surface area contributed by atoms with Crippen LogP contribution in [-0.2, 0) is 14.3 Å². The van der Waals surface area contributed by atoms with Gasteiger partial charge in [0.15, 0.2) is 0 Å². The van der Waals surface area contributed by atoms with Gasteiger partial charge in [0, 0.05) is 12.8 Å². The van der Waals surface area contributed by atoms with Gasteiger partial charge in [-0.1, -0.05) is 263 Å². The van der Waals surface area contributed by atoms with Crippen molar-refractivity contribution in [3.63, 3.8) is 0 Å². The second kappa shape index (κ2) is 50.8. The minimum Gasteiger partial charge on any atom is -0.481 e. The predicted octanol–water partition coefficient (Wildman–Crippen LogP) is 18.5. The van der Waals surface area contributed by atoms with Gasteiger partial charge in [-0.3, -0.25) is 9.59 Å². The van der Waals surface area contributed by atoms with Crippen LogP contribution < -0.4 is 0 Å². The molecule has 0 aromatic carbocycles. The van der Waals surface area contributed by atoms with E-state index in [-0.39, 0.29) is 5.97 Å². The summed E-state index contributed by atoms with van der Waals surface area (Å²) in [5, 5.41) is 8.67. The summed E-state index contributed by atoms with van der Waals surface area (Å²) < 4.78 is 5.48. The Morgan fingerprint density at radius 1 is 0.333 bits per heavy atom. The van der Waals surface area contributed by atoms with Gasteiger partial charge >= 0.3 is 11.9 Å². The van der Waals surface area contributed by atoms with Crippen LogP contribution >= 0.6 is 0 Å². The van der Waals surface area contributed by atoms with Gasteiger partial charge in [-0.15, -0.1) is 0 Å². The number of aliphatic carboxylic acids is 1. The minimum atomic E-state index is -0.652. The highest BCUT2D eigenvalue weighted by molar-refractivity contribution is 5.69. The summed E-state index contributed by atoms with van der Waals surface area (Å²) in [4.78, 5) is 22.5. The molecule has 0 saturated heterocycles. The van der Waals surface area contributed by atoms with Gasteiger partial charge in [0.2, 0.25) is 0 Å². The van der Waals surface area contributed by atoms with E-state index in [1.165, 1.54) is 257 Å². The zero-order valence-electron chi connectivity index (χ0n) is 38.8. The molecule has 1 N–H and O–H groups in total. The first-order valence-corrected chi connectivity index (χ1v) is 26.2. The molecule has 0 spiro atoms. The van der Waals surface area contributed by atoms with Crippen LogP contribution in [0, 0.1) is 0 Å². The third-order valence-corrected chi connectivity index (χ3v) is 12.2. The molecule has 0 amide bonds. The maximum atomic E-state index is 12.0. The summed E-state index contributed by atoms with van der Waals surface area (Å²) in [5.41, 5.74) is 0. The van der Waals surface area contributed by atoms with Crippen molar-refractivity contribution in [2.24, 2.45) is 0 Å². The molecule has 338 valence electrons. The van der Waals surface area contributed by atoms with Crippen molar-refractivity contribution in [1.29, 1.82) is 0 Å². The smallest absolute Gasteiger partial charge is 0.305 e. The van der Waals surface area contributed by atoms with Crippen LogP contribution in [0.2, 0.25) is 0 Å². The molecule has 0 rings (SSSR count). The zero-order valence-corrected chi connectivity index (χ0v) is 38.8. The molecule has 0 aliphatic heterocycles. The Bertz CT molecular complexity index is 807. The topological polar surface area (TPSA) is 63.6 Å². The van der Waals surface area contributed by atoms with Gasteiger partial charge in [0.25, 0.3) is 0 Å². The molecule has 4 heteroatoms. The Labute approximate surface area is 357 Å². The SMILES string of the molecule is CCCCCCCC/C=C\CCCCCCCC(=O)OCCCCCCCCCCCCCCCCCCCCCCCCCCCCCCCCCCC(=O)O. The average Bonchev–Trinajstić information content (AvgIpc) is 3.20. The molecule has 0 unspecified atom stereocenters. The average molecular weight is 803 g/mol. The second-order valence-electron chi connectivity index (χ2n) is 18.0. The summed E-state index contributed by atoms with van der Waals surface area (Å²) in [7, 11) is 0. The lowest BCUT2D eigenvalue weighted by molar-refractivity contribution is -0.144. The number of carboxylic acid groups (broad SMARTS) is 1. The highest BCUT2D eigenvalue weighted by atomic mass is 16.5. The number of hydrogen-bond acceptors (Lipinski definition) is 3. The van der Waals surface area contributed by atoms with Gasteiger partial charge in [-0.25, -0.2) is 0 Å². The molecule has 0 heterocycles. The Kier molecular flexibility index (Phi) is 49.6. The molecule has 0 aromatic rings. The van der Waals surface area contributed by atoms with E-state index in [0.717, 1.165) is 32.1 Å². The summed E-state index contributed by atoms with van der Waals surface area (Å²) in [6.07, 6.45) is 65.9. The van der Waals surface area contributed by atoms with Crippen molar-refractivity contribution in [3.05, 3.63) is 12.2 Å². The van der Waals surface area contributed by atoms with E-state index in [9.17, 15) is 9.59 Å². The zero-order chi connectivity index (χ0) is 41.2. The third kappa shape index (κ3) is 52.7. The van der Waals surface area contributed by atoms with E-state index in [1.54, 1.807) is 0 Å². The monoisotopic (exact) mass is 803 g/mol. The second-order valence-corrected chi connectivity index (χ2v) is 18.0. The Hall–Kier alpha value is -1.32. The van der Waals surface area contributed by atoms with Crippen molar-refractivity contribution in [1.82, 2.24) is 0 Å². The molecule has 0 atom stereocenters. The highest BCUT2D eigenvalue weighted by Gasteiger charge is 2.03. The van der Waals surface area contributed by atoms with Gasteiger partial charge in [0.1, 0.15) is 0 Å². The van der Waals surface area contributed by atoms with Gasteiger partial charge in [-0.05, 0) is 44.9 Å². The molecule has 0 aliphatic carbocycles. The minimum absolute atomic E-state index is 0.0153. The predicted molar refractivity (Wildman–Crippen MR) is 250 cm³/mol. The normalized spacial score (nSPS) is 11.6. The number of hydrogen-bond donors (Lipinski definition) is 1. The third-order valence-electron chi connectivity index (χ3n) is 12.2. The number of ether oxygens (including phenoxy) is 1. The molecular formula is C53H102O4.